The molecule has 0 N–H and O–H groups in total. The molecular weight excluding hydrogens is 442 g/mol. The number of ether oxygens (including phenoxy) is 1. The number of hydrogen-bond donors (Lipinski definition) is 0. The number of unbranched alkanes of at least 4 members (excludes halogenated alkanes) is 23. The largest absolute Gasteiger partial charge is 0.450 e. The summed E-state index contributed by atoms with van der Waals surface area (Å²) in [6, 6.07) is 0. The molecule has 0 saturated carbocycles. The summed E-state index contributed by atoms with van der Waals surface area (Å²) in [6.07, 6.45) is 39.7. The summed E-state index contributed by atoms with van der Waals surface area (Å²) < 4.78 is 5.14. The predicted octanol–water partition coefficient (Wildman–Crippen LogP) is 10.8. The van der Waals surface area contributed by atoms with Gasteiger partial charge in [-0.3, -0.25) is 9.69 Å². The maximum atomic E-state index is 11.5. The van der Waals surface area contributed by atoms with Crippen LogP contribution in [0.4, 0.5) is 0 Å². The first kappa shape index (κ1) is 35.2. The van der Waals surface area contributed by atoms with E-state index in [1.54, 1.807) is 0 Å². The first-order chi connectivity index (χ1) is 17.7. The van der Waals surface area contributed by atoms with Crippen LogP contribution in [0.3, 0.4) is 0 Å². The third-order valence-corrected chi connectivity index (χ3v) is 7.13. The second-order valence-corrected chi connectivity index (χ2v) is 11.3. The minimum atomic E-state index is -0.0637. The third kappa shape index (κ3) is 31.2. The van der Waals surface area contributed by atoms with Crippen LogP contribution in [-0.2, 0) is 9.53 Å². The van der Waals surface area contributed by atoms with Gasteiger partial charge in [-0.2, -0.15) is 0 Å². The quantitative estimate of drug-likeness (QED) is 0.0436. The minimum absolute atomic E-state index is 0.0637. The van der Waals surface area contributed by atoms with Gasteiger partial charge in [-0.25, -0.2) is 0 Å². The Morgan fingerprint density at radius 2 is 0.861 bits per heavy atom. The van der Waals surface area contributed by atoms with Gasteiger partial charge >= 0.3 is 5.97 Å². The van der Waals surface area contributed by atoms with Gasteiger partial charge in [-0.1, -0.05) is 147 Å². The van der Waals surface area contributed by atoms with Crippen LogP contribution in [0.1, 0.15) is 174 Å². The Labute approximate surface area is 227 Å². The monoisotopic (exact) mass is 508 g/mol. The van der Waals surface area contributed by atoms with Crippen LogP contribution >= 0.6 is 0 Å². The Hall–Kier alpha value is -0.830. The minimum Gasteiger partial charge on any atom is -0.450 e. The molecule has 0 amide bonds. The summed E-state index contributed by atoms with van der Waals surface area (Å²) in [6.45, 7) is 2.69. The maximum Gasteiger partial charge on any atom is 0.307 e. The Morgan fingerprint density at radius 1 is 0.528 bits per heavy atom. The zero-order valence-corrected chi connectivity index (χ0v) is 25.0. The average Bonchev–Trinajstić information content (AvgIpc) is 2.87. The van der Waals surface area contributed by atoms with Gasteiger partial charge in [-0.05, 0) is 46.2 Å². The topological polar surface area (TPSA) is 29.5 Å². The number of carbonyl (C=O) groups excluding carboxylic acids is 1. The molecule has 0 aromatic heterocycles. The van der Waals surface area contributed by atoms with Crippen molar-refractivity contribution in [3.8, 4) is 0 Å². The van der Waals surface area contributed by atoms with E-state index in [9.17, 15) is 4.79 Å². The number of esters is 1. The van der Waals surface area contributed by atoms with E-state index in [2.05, 4.69) is 19.1 Å². The highest BCUT2D eigenvalue weighted by Gasteiger charge is 2.02. The number of allylic oxidation sites excluding steroid dienone is 2. The standard InChI is InChI=1S/C33H65NO2/c1-4-5-6-7-8-9-10-11-12-13-14-15-16-17-18-19-20-21-22-23-24-25-26-27-28-29-30-31-33(35)36-32-34(2)3/h23-24H,4-22,25-32H2,1-3H3. The molecule has 36 heavy (non-hydrogen) atoms. The Balaban J connectivity index is 3.14. The molecule has 3 heteroatoms. The van der Waals surface area contributed by atoms with Crippen molar-refractivity contribution < 1.29 is 9.53 Å². The van der Waals surface area contributed by atoms with Gasteiger partial charge in [0.15, 0.2) is 0 Å². The van der Waals surface area contributed by atoms with E-state index < -0.39 is 0 Å². The molecule has 0 radical (unpaired) electrons. The lowest BCUT2D eigenvalue weighted by Gasteiger charge is -2.10. The zero-order chi connectivity index (χ0) is 26.4. The summed E-state index contributed by atoms with van der Waals surface area (Å²) in [5.41, 5.74) is 0. The molecule has 0 aliphatic heterocycles. The predicted molar refractivity (Wildman–Crippen MR) is 160 cm³/mol. The highest BCUT2D eigenvalue weighted by atomic mass is 16.5. The van der Waals surface area contributed by atoms with E-state index in [1.807, 2.05) is 19.0 Å². The van der Waals surface area contributed by atoms with E-state index in [-0.39, 0.29) is 5.97 Å². The molecule has 0 heterocycles. The van der Waals surface area contributed by atoms with E-state index in [0.717, 1.165) is 12.8 Å². The maximum absolute atomic E-state index is 11.5. The highest BCUT2D eigenvalue weighted by molar-refractivity contribution is 5.69. The zero-order valence-electron chi connectivity index (χ0n) is 25.0. The van der Waals surface area contributed by atoms with Gasteiger partial charge < -0.3 is 4.74 Å². The van der Waals surface area contributed by atoms with Gasteiger partial charge in [-0.15, -0.1) is 0 Å². The molecule has 0 spiro atoms. The number of hydrogen-bond acceptors (Lipinski definition) is 3. The van der Waals surface area contributed by atoms with Crippen molar-refractivity contribution in [1.29, 1.82) is 0 Å². The number of rotatable bonds is 29. The Morgan fingerprint density at radius 3 is 1.22 bits per heavy atom. The Bertz CT molecular complexity index is 461. The van der Waals surface area contributed by atoms with Crippen molar-refractivity contribution in [2.24, 2.45) is 0 Å². The van der Waals surface area contributed by atoms with Crippen LogP contribution in [0.5, 0.6) is 0 Å². The van der Waals surface area contributed by atoms with Crippen molar-refractivity contribution in [1.82, 2.24) is 4.90 Å². The fourth-order valence-electron chi connectivity index (χ4n) is 4.73. The normalized spacial score (nSPS) is 11.7. The fourth-order valence-corrected chi connectivity index (χ4v) is 4.73. The van der Waals surface area contributed by atoms with Crippen LogP contribution in [0.15, 0.2) is 12.2 Å². The van der Waals surface area contributed by atoms with Crippen LogP contribution in [0.25, 0.3) is 0 Å². The molecule has 3 nitrogen and oxygen atoms in total. The Kier molecular flexibility index (Phi) is 29.7. The molecule has 0 aliphatic rings. The highest BCUT2D eigenvalue weighted by Crippen LogP contribution is 2.15. The van der Waals surface area contributed by atoms with Crippen molar-refractivity contribution in [3.63, 3.8) is 0 Å². The van der Waals surface area contributed by atoms with Crippen molar-refractivity contribution >= 4 is 5.97 Å². The van der Waals surface area contributed by atoms with E-state index >= 15 is 0 Å². The number of nitrogens with zero attached hydrogens (tertiary/aromatic N) is 1. The second-order valence-electron chi connectivity index (χ2n) is 11.3. The molecule has 0 saturated heterocycles. The van der Waals surface area contributed by atoms with Gasteiger partial charge in [0.2, 0.25) is 0 Å². The van der Waals surface area contributed by atoms with Crippen molar-refractivity contribution in [2.75, 3.05) is 20.8 Å². The molecule has 0 atom stereocenters. The van der Waals surface area contributed by atoms with Crippen LogP contribution in [-0.4, -0.2) is 31.7 Å². The van der Waals surface area contributed by atoms with Crippen molar-refractivity contribution in [3.05, 3.63) is 12.2 Å². The molecule has 0 bridgehead atoms. The summed E-state index contributed by atoms with van der Waals surface area (Å²) in [4.78, 5) is 13.4. The van der Waals surface area contributed by atoms with E-state index in [4.69, 9.17) is 4.74 Å². The molecule has 0 unspecified atom stereocenters. The van der Waals surface area contributed by atoms with Crippen LogP contribution < -0.4 is 0 Å². The fraction of sp³-hybridized carbons (Fsp3) is 0.909. The summed E-state index contributed by atoms with van der Waals surface area (Å²) in [7, 11) is 3.81. The van der Waals surface area contributed by atoms with Crippen LogP contribution in [0, 0.1) is 0 Å². The smallest absolute Gasteiger partial charge is 0.307 e. The second kappa shape index (κ2) is 30.4. The van der Waals surface area contributed by atoms with Gasteiger partial charge in [0.25, 0.3) is 0 Å². The first-order valence-electron chi connectivity index (χ1n) is 16.1. The lowest BCUT2D eigenvalue weighted by Crippen LogP contribution is -2.19. The van der Waals surface area contributed by atoms with E-state index in [1.165, 1.54) is 148 Å². The molecule has 0 aromatic carbocycles. The lowest BCUT2D eigenvalue weighted by molar-refractivity contribution is -0.147. The summed E-state index contributed by atoms with van der Waals surface area (Å²) in [5.74, 6) is -0.0637. The molecule has 0 aliphatic carbocycles. The van der Waals surface area contributed by atoms with Crippen molar-refractivity contribution in [2.45, 2.75) is 174 Å². The number of carbonyl (C=O) groups is 1. The van der Waals surface area contributed by atoms with Gasteiger partial charge in [0, 0.05) is 6.42 Å². The lowest BCUT2D eigenvalue weighted by atomic mass is 10.0. The summed E-state index contributed by atoms with van der Waals surface area (Å²) >= 11 is 0. The third-order valence-electron chi connectivity index (χ3n) is 7.13. The summed E-state index contributed by atoms with van der Waals surface area (Å²) in [5, 5.41) is 0. The first-order valence-corrected chi connectivity index (χ1v) is 16.1. The van der Waals surface area contributed by atoms with Crippen LogP contribution in [0.2, 0.25) is 0 Å². The molecular formula is C33H65NO2. The molecule has 0 rings (SSSR count). The van der Waals surface area contributed by atoms with E-state index in [0.29, 0.717) is 13.2 Å². The molecule has 214 valence electrons. The molecule has 0 fully saturated rings. The van der Waals surface area contributed by atoms with Gasteiger partial charge in [0.1, 0.15) is 6.73 Å². The SMILES string of the molecule is CCCCCCCCCCCCCCCCCCCCC=CCCCCCCCC(=O)OCN(C)C. The molecule has 0 aromatic rings. The average molecular weight is 508 g/mol. The van der Waals surface area contributed by atoms with Gasteiger partial charge in [0.05, 0.1) is 0 Å².